The van der Waals surface area contributed by atoms with Crippen molar-refractivity contribution in [3.8, 4) is 0 Å². The molecule has 0 aliphatic rings. The van der Waals surface area contributed by atoms with E-state index in [2.05, 4.69) is 10.7 Å². The Balaban J connectivity index is 0. The van der Waals surface area contributed by atoms with Crippen LogP contribution in [0.4, 0.5) is 0 Å². The molecule has 8 heteroatoms. The maximum absolute atomic E-state index is 10.4. The molecule has 0 aromatic rings. The molecule has 0 rings (SSSR count). The Morgan fingerprint density at radius 1 is 1.27 bits per heavy atom. The molecule has 0 bridgehead atoms. The van der Waals surface area contributed by atoms with Crippen LogP contribution >= 0.6 is 0 Å². The van der Waals surface area contributed by atoms with Crippen molar-refractivity contribution in [1.82, 2.24) is 0 Å². The predicted molar refractivity (Wildman–Crippen MR) is 37.3 cm³/mol. The van der Waals surface area contributed by atoms with E-state index in [0.717, 1.165) is 0 Å². The van der Waals surface area contributed by atoms with Crippen LogP contribution in [0.3, 0.4) is 0 Å². The summed E-state index contributed by atoms with van der Waals surface area (Å²) >= 11 is 0. The summed E-state index contributed by atoms with van der Waals surface area (Å²) in [5, 5.41) is 0.466. The van der Waals surface area contributed by atoms with Gasteiger partial charge in [0.05, 0.1) is 10.0 Å². The van der Waals surface area contributed by atoms with Crippen LogP contribution in [0.5, 0.6) is 0 Å². The van der Waals surface area contributed by atoms with Crippen LogP contribution in [0.2, 0.25) is 0 Å². The van der Waals surface area contributed by atoms with E-state index in [1.807, 2.05) is 0 Å². The van der Waals surface area contributed by atoms with Crippen LogP contribution in [0.25, 0.3) is 4.13 Å². The van der Waals surface area contributed by atoms with Gasteiger partial charge in [-0.2, -0.15) is 0 Å². The van der Waals surface area contributed by atoms with Crippen molar-refractivity contribution in [2.75, 3.05) is 6.26 Å². The van der Waals surface area contributed by atoms with Gasteiger partial charge in [-0.1, -0.05) is 6.58 Å². The second kappa shape index (κ2) is 4.28. The van der Waals surface area contributed by atoms with Crippen LogP contribution in [0.15, 0.2) is 12.0 Å². The number of hydrogen-bond donors (Lipinski definition) is 0. The zero-order chi connectivity index (χ0) is 8.41. The predicted octanol–water partition coefficient (Wildman–Crippen LogP) is -3.20. The largest absolute Gasteiger partial charge is 1.00 e. The zero-order valence-electron chi connectivity index (χ0n) is 6.18. The Bertz CT molecular complexity index is 315. The van der Waals surface area contributed by atoms with E-state index >= 15 is 0 Å². The summed E-state index contributed by atoms with van der Waals surface area (Å²) in [6, 6.07) is 0. The van der Waals surface area contributed by atoms with Gasteiger partial charge in [-0.15, -0.1) is 0 Å². The van der Waals surface area contributed by atoms with Crippen molar-refractivity contribution in [3.63, 3.8) is 0 Å². The zero-order valence-corrected chi connectivity index (χ0v) is 7.81. The van der Waals surface area contributed by atoms with Crippen LogP contribution in [0.1, 0.15) is 0 Å². The molecule has 0 saturated heterocycles. The van der Waals surface area contributed by atoms with Gasteiger partial charge in [0.1, 0.15) is 10.0 Å². The van der Waals surface area contributed by atoms with E-state index in [9.17, 15) is 16.8 Å². The van der Waals surface area contributed by atoms with Gasteiger partial charge in [0.25, 0.3) is 0 Å². The maximum atomic E-state index is 10.4. The second-order valence-electron chi connectivity index (χ2n) is 1.49. The van der Waals surface area contributed by atoms with E-state index in [4.69, 9.17) is 0 Å². The normalized spacial score (nSPS) is 11.7. The number of nitrogens with zero attached hydrogens (tertiary/aromatic N) is 1. The van der Waals surface area contributed by atoms with Gasteiger partial charge in [0, 0.05) is 11.7 Å². The number of sulfonamides is 2. The molecule has 0 spiro atoms. The third kappa shape index (κ3) is 8.10. The minimum absolute atomic E-state index is 0. The molecule has 0 aliphatic carbocycles. The molecule has 60 valence electrons. The summed E-state index contributed by atoms with van der Waals surface area (Å²) in [6.45, 7) is 2.87. The molecule has 0 unspecified atom stereocenters. The Morgan fingerprint density at radius 2 is 1.64 bits per heavy atom. The minimum atomic E-state index is -3.98. The van der Waals surface area contributed by atoms with Gasteiger partial charge >= 0.3 is 18.9 Å². The molecule has 11 heavy (non-hydrogen) atoms. The fourth-order valence-corrected chi connectivity index (χ4v) is 1.97. The maximum Gasteiger partial charge on any atom is 1.00 e. The van der Waals surface area contributed by atoms with Gasteiger partial charge in [-0.05, 0) is 0 Å². The van der Waals surface area contributed by atoms with E-state index in [1.165, 1.54) is 0 Å². The Hall–Kier alpha value is 0.197. The molecule has 0 amide bonds. The summed E-state index contributed by atoms with van der Waals surface area (Å²) in [6.07, 6.45) is 0.689. The van der Waals surface area contributed by atoms with Crippen molar-refractivity contribution < 1.29 is 35.7 Å². The van der Waals surface area contributed by atoms with E-state index < -0.39 is 20.0 Å². The van der Waals surface area contributed by atoms with Crippen molar-refractivity contribution in [2.24, 2.45) is 0 Å². The third-order valence-corrected chi connectivity index (χ3v) is 2.79. The molecular formula is C3H6LiNO4S2. The fourth-order valence-electron chi connectivity index (χ4n) is 0.219. The monoisotopic (exact) mass is 191 g/mol. The first-order valence-electron chi connectivity index (χ1n) is 2.08. The summed E-state index contributed by atoms with van der Waals surface area (Å²) in [7, 11) is -7.80. The van der Waals surface area contributed by atoms with Crippen molar-refractivity contribution in [1.29, 1.82) is 0 Å². The molecule has 0 aromatic carbocycles. The average molecular weight is 191 g/mol. The van der Waals surface area contributed by atoms with Gasteiger partial charge in [0.15, 0.2) is 0 Å². The molecule has 0 saturated carbocycles. The molecule has 0 N–H and O–H groups in total. The first-order valence-corrected chi connectivity index (χ1v) is 5.44. The Kier molecular flexibility index (Phi) is 5.36. The van der Waals surface area contributed by atoms with Crippen molar-refractivity contribution in [2.45, 2.75) is 0 Å². The SMILES string of the molecule is C=CS(=O)(=O)[N-]S(C)(=O)=O.[Li+]. The van der Waals surface area contributed by atoms with Gasteiger partial charge < -0.3 is 4.13 Å². The number of hydrogen-bond acceptors (Lipinski definition) is 4. The second-order valence-corrected chi connectivity index (χ2v) is 4.91. The molecule has 0 aromatic heterocycles. The summed E-state index contributed by atoms with van der Waals surface area (Å²) < 4.78 is 43.6. The standard InChI is InChI=1S/C3H6NO4S2.Li/c1-3-10(7,8)4-9(2,5)6;/h3H,1H2,2H3;/q-1;+1. The molecule has 0 aliphatic heterocycles. The molecule has 0 heterocycles. The molecule has 5 nitrogen and oxygen atoms in total. The fraction of sp³-hybridized carbons (Fsp3) is 0.333. The molecule has 0 fully saturated rings. The van der Waals surface area contributed by atoms with Crippen LogP contribution < -0.4 is 18.9 Å². The Labute approximate surface area is 78.1 Å². The molecular weight excluding hydrogens is 185 g/mol. The average Bonchev–Trinajstić information content (AvgIpc) is 1.60. The smallest absolute Gasteiger partial charge is 0.433 e. The van der Waals surface area contributed by atoms with E-state index in [1.54, 1.807) is 0 Å². The van der Waals surface area contributed by atoms with Crippen LogP contribution in [-0.2, 0) is 20.0 Å². The van der Waals surface area contributed by atoms with Crippen LogP contribution in [-0.4, -0.2) is 23.1 Å². The molecule has 0 radical (unpaired) electrons. The number of rotatable bonds is 3. The summed E-state index contributed by atoms with van der Waals surface area (Å²) in [5.74, 6) is 0. The first kappa shape index (κ1) is 13.8. The van der Waals surface area contributed by atoms with Gasteiger partial charge in [-0.25, -0.2) is 16.8 Å². The third-order valence-electron chi connectivity index (χ3n) is 0.450. The topological polar surface area (TPSA) is 82.4 Å². The summed E-state index contributed by atoms with van der Waals surface area (Å²) in [4.78, 5) is 0. The van der Waals surface area contributed by atoms with Crippen LogP contribution in [0, 0.1) is 0 Å². The first-order chi connectivity index (χ1) is 4.27. The van der Waals surface area contributed by atoms with Gasteiger partial charge in [0.2, 0.25) is 0 Å². The quantitative estimate of drug-likeness (QED) is 0.440. The minimum Gasteiger partial charge on any atom is -0.433 e. The summed E-state index contributed by atoms with van der Waals surface area (Å²) in [5.41, 5.74) is 0. The van der Waals surface area contributed by atoms with Gasteiger partial charge in [-0.3, -0.25) is 0 Å². The van der Waals surface area contributed by atoms with Crippen molar-refractivity contribution in [3.05, 3.63) is 16.1 Å². The Morgan fingerprint density at radius 3 is 1.73 bits per heavy atom. The van der Waals surface area contributed by atoms with Crippen molar-refractivity contribution >= 4 is 20.0 Å². The molecule has 0 atom stereocenters. The van der Waals surface area contributed by atoms with E-state index in [0.29, 0.717) is 11.7 Å². The van der Waals surface area contributed by atoms with E-state index in [-0.39, 0.29) is 18.9 Å².